The first-order valence-corrected chi connectivity index (χ1v) is 15.1. The molecule has 0 aromatic rings. The Bertz CT molecular complexity index is 297. The molecule has 0 rings (SSSR count). The van der Waals surface area contributed by atoms with Gasteiger partial charge < -0.3 is 18.7 Å². The van der Waals surface area contributed by atoms with Crippen molar-refractivity contribution in [3.05, 3.63) is 0 Å². The van der Waals surface area contributed by atoms with Crippen molar-refractivity contribution < 1.29 is 8.85 Å². The highest BCUT2D eigenvalue weighted by Crippen LogP contribution is 2.19. The highest BCUT2D eigenvalue weighted by molar-refractivity contribution is 6.67. The quantitative estimate of drug-likeness (QED) is 0.188. The fraction of sp³-hybridized carbons (Fsp3) is 1.00. The number of hydrogen-bond donors (Lipinski definition) is 0. The van der Waals surface area contributed by atoms with E-state index in [4.69, 9.17) is 8.85 Å². The predicted octanol–water partition coefficient (Wildman–Crippen LogP) is 6.31. The zero-order valence-electron chi connectivity index (χ0n) is 20.9. The molecule has 0 aromatic heterocycles. The Labute approximate surface area is 185 Å². The summed E-state index contributed by atoms with van der Waals surface area (Å²) >= 11 is 0. The van der Waals surface area contributed by atoms with Crippen LogP contribution in [0, 0.1) is 0 Å². The van der Waals surface area contributed by atoms with Crippen LogP contribution in [0.25, 0.3) is 0 Å². The molecule has 0 aliphatic heterocycles. The predicted molar refractivity (Wildman–Crippen MR) is 131 cm³/mol. The molecule has 0 N–H and O–H groups in total. The summed E-state index contributed by atoms with van der Waals surface area (Å²) in [6.07, 6.45) is 10.2. The van der Waals surface area contributed by atoms with Gasteiger partial charge in [0.25, 0.3) is 0 Å². The number of rotatable bonds is 22. The summed E-state index contributed by atoms with van der Waals surface area (Å²) in [6.45, 7) is 22.2. The average molecular weight is 431 g/mol. The summed E-state index contributed by atoms with van der Waals surface area (Å²) in [6, 6.07) is 2.11. The molecule has 0 radical (unpaired) electrons. The molecule has 0 spiro atoms. The van der Waals surface area contributed by atoms with Gasteiger partial charge >= 0.3 is 8.56 Å². The molecule has 0 fully saturated rings. The molecule has 0 saturated heterocycles. The third kappa shape index (κ3) is 14.7. The Morgan fingerprint density at radius 1 is 0.483 bits per heavy atom. The molecule has 0 bridgehead atoms. The van der Waals surface area contributed by atoms with E-state index in [0.717, 1.165) is 38.4 Å². The maximum atomic E-state index is 6.52. The van der Waals surface area contributed by atoms with Crippen molar-refractivity contribution in [2.75, 3.05) is 52.5 Å². The molecule has 176 valence electrons. The van der Waals surface area contributed by atoms with E-state index in [-0.39, 0.29) is 0 Å². The van der Waals surface area contributed by atoms with E-state index < -0.39 is 8.56 Å². The lowest BCUT2D eigenvalue weighted by molar-refractivity contribution is 0.125. The van der Waals surface area contributed by atoms with E-state index in [1.54, 1.807) is 0 Å². The maximum absolute atomic E-state index is 6.52. The van der Waals surface area contributed by atoms with Gasteiger partial charge in [-0.15, -0.1) is 0 Å². The fourth-order valence-corrected chi connectivity index (χ4v) is 5.95. The van der Waals surface area contributed by atoms with Crippen LogP contribution in [0.1, 0.15) is 92.9 Å². The van der Waals surface area contributed by atoms with Gasteiger partial charge in [-0.25, -0.2) is 0 Å². The molecule has 0 heterocycles. The van der Waals surface area contributed by atoms with Crippen molar-refractivity contribution in [3.8, 4) is 0 Å². The monoisotopic (exact) mass is 430 g/mol. The van der Waals surface area contributed by atoms with Crippen molar-refractivity contribution >= 4 is 8.56 Å². The SMILES string of the molecule is CCCCN(CCCC)CCO[Si](CC)(CC)OCCN(CCCC)CCCC. The minimum absolute atomic E-state index is 0.830. The van der Waals surface area contributed by atoms with E-state index in [9.17, 15) is 0 Å². The molecule has 0 amide bonds. The Hall–Kier alpha value is 0.0569. The van der Waals surface area contributed by atoms with Crippen LogP contribution in [-0.2, 0) is 8.85 Å². The summed E-state index contributed by atoms with van der Waals surface area (Å²) in [4.78, 5) is 5.18. The van der Waals surface area contributed by atoms with Crippen molar-refractivity contribution in [3.63, 3.8) is 0 Å². The summed E-state index contributed by atoms with van der Waals surface area (Å²) in [5, 5.41) is 0. The van der Waals surface area contributed by atoms with Crippen molar-refractivity contribution in [2.24, 2.45) is 0 Å². The van der Waals surface area contributed by atoms with E-state index in [0.29, 0.717) is 0 Å². The van der Waals surface area contributed by atoms with Gasteiger partial charge in [-0.1, -0.05) is 67.2 Å². The second kappa shape index (κ2) is 20.0. The minimum atomic E-state index is -2.06. The van der Waals surface area contributed by atoms with Gasteiger partial charge in [-0.2, -0.15) is 0 Å². The van der Waals surface area contributed by atoms with Gasteiger partial charge in [0.05, 0.1) is 0 Å². The van der Waals surface area contributed by atoms with E-state index in [1.165, 1.54) is 77.5 Å². The van der Waals surface area contributed by atoms with Gasteiger partial charge in [0.1, 0.15) is 0 Å². The summed E-state index contributed by atoms with van der Waals surface area (Å²) < 4.78 is 13.0. The van der Waals surface area contributed by atoms with Crippen LogP contribution in [-0.4, -0.2) is 70.8 Å². The Morgan fingerprint density at radius 3 is 1.03 bits per heavy atom. The molecule has 4 nitrogen and oxygen atoms in total. The standard InChI is InChI=1S/C24H54N2O2Si/c1-7-13-17-25(18-14-8-2)21-23-27-29(11-5,12-6)28-24-22-26(19-15-9-3)20-16-10-4/h7-24H2,1-6H3. The molecule has 0 atom stereocenters. The summed E-state index contributed by atoms with van der Waals surface area (Å²) in [5.41, 5.74) is 0. The molecule has 0 aromatic carbocycles. The largest absolute Gasteiger partial charge is 0.393 e. The molecular formula is C24H54N2O2Si. The first kappa shape index (κ1) is 29.1. The zero-order chi connectivity index (χ0) is 21.8. The highest BCUT2D eigenvalue weighted by atomic mass is 28.4. The lowest BCUT2D eigenvalue weighted by atomic mass is 10.2. The fourth-order valence-electron chi connectivity index (χ4n) is 3.62. The molecule has 5 heteroatoms. The van der Waals surface area contributed by atoms with Crippen LogP contribution in [0.15, 0.2) is 0 Å². The summed E-state index contributed by atoms with van der Waals surface area (Å²) in [7, 11) is -2.06. The van der Waals surface area contributed by atoms with Crippen LogP contribution < -0.4 is 0 Å². The Balaban J connectivity index is 4.50. The highest BCUT2D eigenvalue weighted by Gasteiger charge is 2.33. The van der Waals surface area contributed by atoms with Crippen LogP contribution in [0.5, 0.6) is 0 Å². The van der Waals surface area contributed by atoms with Crippen LogP contribution in [0.2, 0.25) is 12.1 Å². The molecule has 0 unspecified atom stereocenters. The Kier molecular flexibility index (Phi) is 20.0. The molecule has 29 heavy (non-hydrogen) atoms. The second-order valence-corrected chi connectivity index (χ2v) is 12.2. The first-order valence-electron chi connectivity index (χ1n) is 12.8. The lowest BCUT2D eigenvalue weighted by Gasteiger charge is -2.32. The smallest absolute Gasteiger partial charge is 0.337 e. The van der Waals surface area contributed by atoms with Gasteiger partial charge in [0.15, 0.2) is 0 Å². The third-order valence-electron chi connectivity index (χ3n) is 5.93. The van der Waals surface area contributed by atoms with Gasteiger partial charge in [-0.05, 0) is 64.0 Å². The van der Waals surface area contributed by atoms with E-state index in [1.807, 2.05) is 0 Å². The number of hydrogen-bond acceptors (Lipinski definition) is 4. The van der Waals surface area contributed by atoms with Gasteiger partial charge in [-0.3, -0.25) is 0 Å². The van der Waals surface area contributed by atoms with Crippen molar-refractivity contribution in [1.82, 2.24) is 9.80 Å². The minimum Gasteiger partial charge on any atom is -0.393 e. The van der Waals surface area contributed by atoms with E-state index in [2.05, 4.69) is 51.3 Å². The van der Waals surface area contributed by atoms with Crippen LogP contribution >= 0.6 is 0 Å². The third-order valence-corrected chi connectivity index (χ3v) is 9.55. The molecule has 0 aliphatic carbocycles. The number of unbranched alkanes of at least 4 members (excludes halogenated alkanes) is 4. The van der Waals surface area contributed by atoms with E-state index >= 15 is 0 Å². The molecule has 0 saturated carbocycles. The lowest BCUT2D eigenvalue weighted by Crippen LogP contribution is -2.45. The second-order valence-electron chi connectivity index (χ2n) is 8.41. The maximum Gasteiger partial charge on any atom is 0.337 e. The topological polar surface area (TPSA) is 24.9 Å². The Morgan fingerprint density at radius 2 is 0.793 bits per heavy atom. The van der Waals surface area contributed by atoms with Gasteiger partial charge in [0.2, 0.25) is 0 Å². The van der Waals surface area contributed by atoms with Gasteiger partial charge in [0, 0.05) is 26.3 Å². The average Bonchev–Trinajstić information content (AvgIpc) is 2.75. The van der Waals surface area contributed by atoms with Crippen molar-refractivity contribution in [1.29, 1.82) is 0 Å². The number of nitrogens with zero attached hydrogens (tertiary/aromatic N) is 2. The van der Waals surface area contributed by atoms with Crippen LogP contribution in [0.4, 0.5) is 0 Å². The molecule has 0 aliphatic rings. The van der Waals surface area contributed by atoms with Crippen LogP contribution in [0.3, 0.4) is 0 Å². The normalized spacial score (nSPS) is 12.4. The van der Waals surface area contributed by atoms with Crippen molar-refractivity contribution in [2.45, 2.75) is 105 Å². The molecular weight excluding hydrogens is 376 g/mol. The summed E-state index contributed by atoms with van der Waals surface area (Å²) in [5.74, 6) is 0. The first-order chi connectivity index (χ1) is 14.1. The zero-order valence-corrected chi connectivity index (χ0v) is 21.9.